The van der Waals surface area contributed by atoms with Crippen LogP contribution >= 0.6 is 0 Å². The van der Waals surface area contributed by atoms with Crippen molar-refractivity contribution in [2.45, 2.75) is 31.6 Å². The van der Waals surface area contributed by atoms with Crippen LogP contribution in [0.5, 0.6) is 0 Å². The van der Waals surface area contributed by atoms with E-state index in [2.05, 4.69) is 10.6 Å². The van der Waals surface area contributed by atoms with Crippen molar-refractivity contribution in [1.29, 1.82) is 0 Å². The van der Waals surface area contributed by atoms with Gasteiger partial charge < -0.3 is 31.3 Å². The maximum Gasteiger partial charge on any atom is 0.407 e. The molecule has 10 heteroatoms. The number of aromatic carboxylic acids is 1. The molecule has 32 heavy (non-hydrogen) atoms. The van der Waals surface area contributed by atoms with Gasteiger partial charge in [-0.15, -0.1) is 0 Å². The van der Waals surface area contributed by atoms with Gasteiger partial charge in [-0.1, -0.05) is 42.5 Å². The van der Waals surface area contributed by atoms with Crippen LogP contribution in [0.1, 0.15) is 27.9 Å². The molecule has 0 heterocycles. The first-order valence-corrected chi connectivity index (χ1v) is 9.78. The van der Waals surface area contributed by atoms with Crippen molar-refractivity contribution < 1.29 is 34.1 Å². The Labute approximate surface area is 184 Å². The molecule has 0 spiro atoms. The summed E-state index contributed by atoms with van der Waals surface area (Å²) < 4.78 is 5.01. The molecule has 2 aromatic carbocycles. The maximum atomic E-state index is 12.2. The van der Waals surface area contributed by atoms with Crippen LogP contribution in [-0.2, 0) is 27.4 Å². The van der Waals surface area contributed by atoms with Crippen molar-refractivity contribution in [1.82, 2.24) is 10.6 Å². The number of nitrogens with one attached hydrogen (secondary N) is 2. The predicted octanol–water partition coefficient (Wildman–Crippen LogP) is 0.575. The van der Waals surface area contributed by atoms with Crippen LogP contribution in [0.15, 0.2) is 54.6 Å². The lowest BCUT2D eigenvalue weighted by molar-refractivity contribution is -0.128. The van der Waals surface area contributed by atoms with Crippen LogP contribution in [0.3, 0.4) is 0 Å². The Morgan fingerprint density at radius 3 is 2.22 bits per heavy atom. The number of carbonyl (C=O) groups excluding carboxylic acids is 3. The third-order valence-electron chi connectivity index (χ3n) is 4.44. The van der Waals surface area contributed by atoms with E-state index in [-0.39, 0.29) is 31.6 Å². The second kappa shape index (κ2) is 12.1. The van der Waals surface area contributed by atoms with E-state index in [1.165, 1.54) is 24.3 Å². The Hall–Kier alpha value is -3.92. The number of amides is 3. The number of carboxylic acid groups (broad SMARTS) is 1. The third kappa shape index (κ3) is 8.44. The lowest BCUT2D eigenvalue weighted by Crippen LogP contribution is -2.47. The van der Waals surface area contributed by atoms with Crippen molar-refractivity contribution >= 4 is 23.9 Å². The quantitative estimate of drug-likeness (QED) is 0.338. The standard InChI is InChI=1S/C22H25N3O7/c23-20(28)18(10-14-6-8-16(9-7-14)21(29)30)25-19(27)11-17(26)12-24-22(31)32-13-15-4-2-1-3-5-15/h1-9,17-18,26H,10-13H2,(H2,23,28)(H,24,31)(H,25,27)(H,29,30)/t17-,18-/m1/s1. The summed E-state index contributed by atoms with van der Waals surface area (Å²) in [5.41, 5.74) is 6.83. The van der Waals surface area contributed by atoms with Gasteiger partial charge in [-0.25, -0.2) is 9.59 Å². The molecule has 10 nitrogen and oxygen atoms in total. The molecule has 0 bridgehead atoms. The van der Waals surface area contributed by atoms with E-state index in [4.69, 9.17) is 15.6 Å². The topological polar surface area (TPSA) is 168 Å². The molecule has 170 valence electrons. The number of hydrogen-bond donors (Lipinski definition) is 5. The molecule has 0 saturated heterocycles. The molecule has 2 atom stereocenters. The average molecular weight is 443 g/mol. The highest BCUT2D eigenvalue weighted by Crippen LogP contribution is 2.08. The summed E-state index contributed by atoms with van der Waals surface area (Å²) in [6, 6.07) is 13.8. The van der Waals surface area contributed by atoms with Gasteiger partial charge in [0.25, 0.3) is 0 Å². The largest absolute Gasteiger partial charge is 0.478 e. The monoisotopic (exact) mass is 443 g/mol. The molecule has 0 fully saturated rings. The molecule has 0 unspecified atom stereocenters. The zero-order chi connectivity index (χ0) is 23.5. The molecule has 0 aromatic heterocycles. The van der Waals surface area contributed by atoms with E-state index >= 15 is 0 Å². The van der Waals surface area contributed by atoms with Gasteiger partial charge in [0.05, 0.1) is 18.1 Å². The number of primary amides is 1. The number of benzene rings is 2. The first kappa shape index (κ1) is 24.4. The number of nitrogens with two attached hydrogens (primary N) is 1. The van der Waals surface area contributed by atoms with Crippen LogP contribution < -0.4 is 16.4 Å². The zero-order valence-corrected chi connectivity index (χ0v) is 17.2. The van der Waals surface area contributed by atoms with Crippen LogP contribution in [0.25, 0.3) is 0 Å². The molecule has 0 radical (unpaired) electrons. The minimum absolute atomic E-state index is 0.0567. The summed E-state index contributed by atoms with van der Waals surface area (Å²) in [6.07, 6.45) is -2.27. The van der Waals surface area contributed by atoms with Crippen LogP contribution in [0.2, 0.25) is 0 Å². The molecular weight excluding hydrogens is 418 g/mol. The Balaban J connectivity index is 1.76. The highest BCUT2D eigenvalue weighted by atomic mass is 16.5. The Bertz CT molecular complexity index is 932. The van der Waals surface area contributed by atoms with Crippen molar-refractivity contribution in [2.24, 2.45) is 5.73 Å². The molecule has 2 rings (SSSR count). The Kier molecular flexibility index (Phi) is 9.18. The fraction of sp³-hybridized carbons (Fsp3) is 0.273. The average Bonchev–Trinajstić information content (AvgIpc) is 2.76. The second-order valence-electron chi connectivity index (χ2n) is 7.03. The fourth-order valence-electron chi connectivity index (χ4n) is 2.76. The van der Waals surface area contributed by atoms with E-state index < -0.39 is 36.0 Å². The number of hydrogen-bond acceptors (Lipinski definition) is 6. The summed E-state index contributed by atoms with van der Waals surface area (Å²) in [5.74, 6) is -2.50. The minimum atomic E-state index is -1.21. The van der Waals surface area contributed by atoms with Gasteiger partial charge in [-0.2, -0.15) is 0 Å². The number of alkyl carbamates (subject to hydrolysis) is 1. The van der Waals surface area contributed by atoms with Gasteiger partial charge in [0, 0.05) is 13.0 Å². The number of aliphatic hydroxyl groups is 1. The van der Waals surface area contributed by atoms with E-state index in [9.17, 15) is 24.3 Å². The SMILES string of the molecule is NC(=O)[C@@H](Cc1ccc(C(=O)O)cc1)NC(=O)C[C@@H](O)CNC(=O)OCc1ccccc1. The smallest absolute Gasteiger partial charge is 0.407 e. The molecule has 0 aliphatic rings. The molecule has 6 N–H and O–H groups in total. The van der Waals surface area contributed by atoms with Crippen molar-refractivity contribution in [2.75, 3.05) is 6.54 Å². The van der Waals surface area contributed by atoms with E-state index in [1.807, 2.05) is 18.2 Å². The number of carboxylic acids is 1. The van der Waals surface area contributed by atoms with Gasteiger partial charge in [-0.3, -0.25) is 9.59 Å². The van der Waals surface area contributed by atoms with Crippen molar-refractivity contribution in [3.63, 3.8) is 0 Å². The molecule has 3 amide bonds. The first-order valence-electron chi connectivity index (χ1n) is 9.78. The van der Waals surface area contributed by atoms with Gasteiger partial charge in [0.2, 0.25) is 11.8 Å². The summed E-state index contributed by atoms with van der Waals surface area (Å²) in [7, 11) is 0. The zero-order valence-electron chi connectivity index (χ0n) is 17.2. The third-order valence-corrected chi connectivity index (χ3v) is 4.44. The van der Waals surface area contributed by atoms with Gasteiger partial charge >= 0.3 is 12.1 Å². The lowest BCUT2D eigenvalue weighted by atomic mass is 10.0. The fourth-order valence-corrected chi connectivity index (χ4v) is 2.76. The van der Waals surface area contributed by atoms with Gasteiger partial charge in [0.1, 0.15) is 12.6 Å². The molecular formula is C22H25N3O7. The van der Waals surface area contributed by atoms with Crippen LogP contribution in [0, 0.1) is 0 Å². The van der Waals surface area contributed by atoms with Crippen LogP contribution in [-0.4, -0.2) is 52.8 Å². The highest BCUT2D eigenvalue weighted by Gasteiger charge is 2.21. The molecule has 0 aliphatic carbocycles. The maximum absolute atomic E-state index is 12.2. The number of ether oxygens (including phenoxy) is 1. The highest BCUT2D eigenvalue weighted by molar-refractivity contribution is 5.88. The van der Waals surface area contributed by atoms with E-state index in [0.717, 1.165) is 5.56 Å². The van der Waals surface area contributed by atoms with Crippen molar-refractivity contribution in [3.05, 3.63) is 71.3 Å². The summed E-state index contributed by atoms with van der Waals surface area (Å²) in [4.78, 5) is 46.4. The van der Waals surface area contributed by atoms with Gasteiger partial charge in [-0.05, 0) is 23.3 Å². The normalized spacial score (nSPS) is 12.3. The Morgan fingerprint density at radius 2 is 1.62 bits per heavy atom. The number of rotatable bonds is 11. The minimum Gasteiger partial charge on any atom is -0.478 e. The van der Waals surface area contributed by atoms with Crippen molar-refractivity contribution in [3.8, 4) is 0 Å². The number of carbonyl (C=O) groups is 4. The molecule has 0 aliphatic heterocycles. The lowest BCUT2D eigenvalue weighted by Gasteiger charge is -2.17. The summed E-state index contributed by atoms with van der Waals surface area (Å²) >= 11 is 0. The van der Waals surface area contributed by atoms with Crippen LogP contribution in [0.4, 0.5) is 4.79 Å². The predicted molar refractivity (Wildman–Crippen MR) is 113 cm³/mol. The molecule has 0 saturated carbocycles. The first-order chi connectivity index (χ1) is 15.2. The second-order valence-corrected chi connectivity index (χ2v) is 7.03. The summed E-state index contributed by atoms with van der Waals surface area (Å²) in [6.45, 7) is -0.157. The number of aliphatic hydroxyl groups excluding tert-OH is 1. The molecule has 2 aromatic rings. The summed E-state index contributed by atoms with van der Waals surface area (Å²) in [5, 5.41) is 23.7. The van der Waals surface area contributed by atoms with Gasteiger partial charge in [0.15, 0.2) is 0 Å². The van der Waals surface area contributed by atoms with E-state index in [1.54, 1.807) is 12.1 Å². The Morgan fingerprint density at radius 1 is 0.969 bits per heavy atom. The van der Waals surface area contributed by atoms with E-state index in [0.29, 0.717) is 5.56 Å².